The van der Waals surface area contributed by atoms with Crippen LogP contribution in [-0.2, 0) is 18.3 Å². The lowest BCUT2D eigenvalue weighted by atomic mass is 10.4. The summed E-state index contributed by atoms with van der Waals surface area (Å²) < 4.78 is 21.0. The number of hydrogen-bond donors (Lipinski definition) is 0. The highest BCUT2D eigenvalue weighted by Gasteiger charge is 2.28. The molecular formula is C9H20O4Si. The first-order valence-electron chi connectivity index (χ1n) is 5.04. The molecule has 0 saturated carbocycles. The van der Waals surface area contributed by atoms with E-state index in [0.29, 0.717) is 0 Å². The smallest absolute Gasteiger partial charge is 0.334 e. The Morgan fingerprint density at radius 1 is 1.29 bits per heavy atom. The first-order valence-corrected chi connectivity index (χ1v) is 7.56. The predicted octanol–water partition coefficient (Wildman–Crippen LogP) is 1.50. The Morgan fingerprint density at radius 2 is 1.93 bits per heavy atom. The molecule has 0 radical (unpaired) electrons. The zero-order valence-corrected chi connectivity index (χ0v) is 10.2. The van der Waals surface area contributed by atoms with Crippen LogP contribution in [0.4, 0.5) is 0 Å². The van der Waals surface area contributed by atoms with Gasteiger partial charge in [0.25, 0.3) is 0 Å². The van der Waals surface area contributed by atoms with Gasteiger partial charge in [0.1, 0.15) is 6.61 Å². The lowest BCUT2D eigenvalue weighted by Crippen LogP contribution is -2.35. The van der Waals surface area contributed by atoms with Crippen molar-refractivity contribution in [2.24, 2.45) is 0 Å². The van der Waals surface area contributed by atoms with Crippen molar-refractivity contribution >= 4 is 8.56 Å². The largest absolute Gasteiger partial charge is 0.398 e. The zero-order valence-electron chi connectivity index (χ0n) is 9.25. The van der Waals surface area contributed by atoms with Crippen molar-refractivity contribution in [2.45, 2.75) is 31.7 Å². The lowest BCUT2D eigenvalue weighted by Gasteiger charge is -2.22. The number of epoxide rings is 1. The van der Waals surface area contributed by atoms with Crippen LogP contribution in [0.1, 0.15) is 12.8 Å². The van der Waals surface area contributed by atoms with Crippen molar-refractivity contribution in [1.29, 1.82) is 0 Å². The van der Waals surface area contributed by atoms with Crippen molar-refractivity contribution in [3.63, 3.8) is 0 Å². The van der Waals surface area contributed by atoms with E-state index in [1.807, 2.05) is 0 Å². The maximum Gasteiger partial charge on any atom is 0.334 e. The van der Waals surface area contributed by atoms with Gasteiger partial charge in [-0.25, -0.2) is 0 Å². The summed E-state index contributed by atoms with van der Waals surface area (Å²) in [6.45, 7) is 3.63. The molecule has 0 aromatic heterocycles. The van der Waals surface area contributed by atoms with E-state index < -0.39 is 8.56 Å². The molecule has 1 aliphatic rings. The second kappa shape index (κ2) is 5.82. The van der Waals surface area contributed by atoms with Gasteiger partial charge < -0.3 is 18.3 Å². The molecule has 0 amide bonds. The van der Waals surface area contributed by atoms with Gasteiger partial charge in [-0.2, -0.15) is 0 Å². The maximum absolute atomic E-state index is 5.38. The Labute approximate surface area is 86.7 Å². The molecule has 1 rings (SSSR count). The highest BCUT2D eigenvalue weighted by Crippen LogP contribution is 2.16. The van der Waals surface area contributed by atoms with Gasteiger partial charge in [-0.1, -0.05) is 0 Å². The molecule has 1 fully saturated rings. The van der Waals surface area contributed by atoms with Gasteiger partial charge in [0, 0.05) is 20.8 Å². The van der Waals surface area contributed by atoms with Crippen molar-refractivity contribution < 1.29 is 18.3 Å². The molecule has 0 aromatic rings. The van der Waals surface area contributed by atoms with E-state index >= 15 is 0 Å². The first-order chi connectivity index (χ1) is 6.70. The second-order valence-corrected chi connectivity index (χ2v) is 7.22. The lowest BCUT2D eigenvalue weighted by molar-refractivity contribution is 0.0483. The van der Waals surface area contributed by atoms with E-state index in [4.69, 9.17) is 18.3 Å². The van der Waals surface area contributed by atoms with Gasteiger partial charge in [0.05, 0.1) is 0 Å². The van der Waals surface area contributed by atoms with Crippen LogP contribution in [0.15, 0.2) is 0 Å². The molecule has 1 atom stereocenters. The highest BCUT2D eigenvalue weighted by atomic mass is 28.4. The minimum atomic E-state index is -1.85. The molecule has 0 bridgehead atoms. The molecule has 14 heavy (non-hydrogen) atoms. The monoisotopic (exact) mass is 220 g/mol. The summed E-state index contributed by atoms with van der Waals surface area (Å²) >= 11 is 0. The number of ether oxygens (including phenoxy) is 2. The first kappa shape index (κ1) is 12.1. The number of hydrogen-bond acceptors (Lipinski definition) is 4. The van der Waals surface area contributed by atoms with Crippen molar-refractivity contribution in [3.05, 3.63) is 0 Å². The normalized spacial score (nSPS) is 21.2. The Hall–Kier alpha value is 0.0569. The van der Waals surface area contributed by atoms with Gasteiger partial charge in [-0.3, -0.25) is 0 Å². The van der Waals surface area contributed by atoms with Crippen LogP contribution in [0.2, 0.25) is 12.6 Å². The summed E-state index contributed by atoms with van der Waals surface area (Å²) in [4.78, 5) is 0. The third-order valence-electron chi connectivity index (χ3n) is 2.50. The summed E-state index contributed by atoms with van der Waals surface area (Å²) in [5, 5.41) is 0. The van der Waals surface area contributed by atoms with E-state index in [-0.39, 0.29) is 6.29 Å². The van der Waals surface area contributed by atoms with Crippen molar-refractivity contribution in [1.82, 2.24) is 0 Å². The maximum atomic E-state index is 5.38. The molecule has 0 N–H and O–H groups in total. The predicted molar refractivity (Wildman–Crippen MR) is 55.4 cm³/mol. The summed E-state index contributed by atoms with van der Waals surface area (Å²) in [5.41, 5.74) is 0. The molecule has 5 heteroatoms. The molecule has 4 nitrogen and oxygen atoms in total. The number of rotatable bonds is 8. The topological polar surface area (TPSA) is 40.2 Å². The Bertz CT molecular complexity index is 157. The van der Waals surface area contributed by atoms with E-state index in [0.717, 1.165) is 32.1 Å². The molecule has 1 unspecified atom stereocenters. The summed E-state index contributed by atoms with van der Waals surface area (Å²) in [7, 11) is 1.61. The zero-order chi connectivity index (χ0) is 10.4. The molecule has 0 aromatic carbocycles. The number of unbranched alkanes of at least 4 members (excludes halogenated alkanes) is 1. The van der Waals surface area contributed by atoms with Gasteiger partial charge in [0.15, 0.2) is 6.29 Å². The minimum Gasteiger partial charge on any atom is -0.398 e. The van der Waals surface area contributed by atoms with Gasteiger partial charge in [-0.15, -0.1) is 0 Å². The van der Waals surface area contributed by atoms with Crippen molar-refractivity contribution in [3.8, 4) is 0 Å². The Balaban J connectivity index is 1.95. The molecule has 0 aliphatic carbocycles. The average Bonchev–Trinajstić information content (AvgIpc) is 3.01. The third-order valence-corrected chi connectivity index (χ3v) is 5.48. The standard InChI is InChI=1S/C9H20O4Si/c1-10-14(3,11-2)7-5-4-6-12-9-8-13-9/h9H,4-8H2,1-3H3. The third kappa shape index (κ3) is 4.52. The minimum absolute atomic E-state index is 0.0866. The molecule has 1 aliphatic heterocycles. The van der Waals surface area contributed by atoms with Crippen LogP contribution < -0.4 is 0 Å². The second-order valence-electron chi connectivity index (χ2n) is 3.63. The fourth-order valence-corrected chi connectivity index (χ4v) is 2.65. The molecule has 84 valence electrons. The van der Waals surface area contributed by atoms with Crippen LogP contribution in [0, 0.1) is 0 Å². The van der Waals surface area contributed by atoms with Gasteiger partial charge in [0.2, 0.25) is 0 Å². The average molecular weight is 220 g/mol. The Kier molecular flexibility index (Phi) is 5.04. The van der Waals surface area contributed by atoms with Crippen LogP contribution in [0.3, 0.4) is 0 Å². The van der Waals surface area contributed by atoms with Crippen LogP contribution >= 0.6 is 0 Å². The van der Waals surface area contributed by atoms with E-state index in [9.17, 15) is 0 Å². The van der Waals surface area contributed by atoms with Crippen molar-refractivity contribution in [2.75, 3.05) is 27.4 Å². The quantitative estimate of drug-likeness (QED) is 0.353. The Morgan fingerprint density at radius 3 is 2.43 bits per heavy atom. The fraction of sp³-hybridized carbons (Fsp3) is 1.00. The van der Waals surface area contributed by atoms with E-state index in [2.05, 4.69) is 6.55 Å². The fourth-order valence-electron chi connectivity index (χ4n) is 1.19. The molecular weight excluding hydrogens is 200 g/mol. The molecule has 0 spiro atoms. The van der Waals surface area contributed by atoms with Crippen LogP contribution in [0.25, 0.3) is 0 Å². The van der Waals surface area contributed by atoms with E-state index in [1.165, 1.54) is 0 Å². The molecule has 1 saturated heterocycles. The van der Waals surface area contributed by atoms with Crippen LogP contribution in [-0.4, -0.2) is 42.3 Å². The summed E-state index contributed by atoms with van der Waals surface area (Å²) in [6.07, 6.45) is 2.23. The highest BCUT2D eigenvalue weighted by molar-refractivity contribution is 6.65. The SMILES string of the molecule is CO[Si](C)(CCCCOC1CO1)OC. The van der Waals surface area contributed by atoms with Gasteiger partial charge >= 0.3 is 8.56 Å². The van der Waals surface area contributed by atoms with E-state index in [1.54, 1.807) is 14.2 Å². The molecule has 1 heterocycles. The summed E-state index contributed by atoms with van der Waals surface area (Å²) in [6, 6.07) is 1.02. The van der Waals surface area contributed by atoms with Crippen LogP contribution in [0.5, 0.6) is 0 Å². The van der Waals surface area contributed by atoms with Gasteiger partial charge in [-0.05, 0) is 25.4 Å². The summed E-state index contributed by atoms with van der Waals surface area (Å²) in [5.74, 6) is 0.